The van der Waals surface area contributed by atoms with E-state index in [4.69, 9.17) is 17.3 Å². The number of hydrogen-bond acceptors (Lipinski definition) is 1. The summed E-state index contributed by atoms with van der Waals surface area (Å²) in [5.74, 6) is 0.711. The molecule has 1 aromatic carbocycles. The molecule has 1 fully saturated rings. The van der Waals surface area contributed by atoms with Crippen LogP contribution in [0.3, 0.4) is 0 Å². The molecule has 1 aliphatic carbocycles. The maximum absolute atomic E-state index is 5.98. The Hall–Kier alpha value is -0.690. The van der Waals surface area contributed by atoms with E-state index in [9.17, 15) is 0 Å². The van der Waals surface area contributed by atoms with Gasteiger partial charge in [0.15, 0.2) is 0 Å². The van der Waals surface area contributed by atoms with Crippen molar-refractivity contribution in [1.29, 1.82) is 0 Å². The van der Waals surface area contributed by atoms with Gasteiger partial charge in [-0.05, 0) is 36.5 Å². The van der Waals surface area contributed by atoms with Crippen LogP contribution in [0.25, 0.3) is 0 Å². The fraction of sp³-hybridized carbons (Fsp3) is 0.333. The van der Waals surface area contributed by atoms with Crippen LogP contribution in [0.4, 0.5) is 5.69 Å². The molecular formula is C9H10ClN. The summed E-state index contributed by atoms with van der Waals surface area (Å²) in [6.07, 6.45) is 2.56. The highest BCUT2D eigenvalue weighted by atomic mass is 35.5. The van der Waals surface area contributed by atoms with Crippen LogP contribution in [0, 0.1) is 0 Å². The molecular weight excluding hydrogens is 158 g/mol. The van der Waals surface area contributed by atoms with Gasteiger partial charge in [-0.3, -0.25) is 0 Å². The SMILES string of the molecule is Nc1ccc(C2CC2)c(Cl)c1. The second-order valence-corrected chi connectivity index (χ2v) is 3.46. The van der Waals surface area contributed by atoms with E-state index in [-0.39, 0.29) is 0 Å². The molecule has 0 unspecified atom stereocenters. The van der Waals surface area contributed by atoms with Crippen molar-refractivity contribution in [2.75, 3.05) is 5.73 Å². The molecule has 0 aliphatic heterocycles. The third-order valence-electron chi connectivity index (χ3n) is 2.04. The van der Waals surface area contributed by atoms with Gasteiger partial charge in [0.2, 0.25) is 0 Å². The maximum Gasteiger partial charge on any atom is 0.0461 e. The maximum atomic E-state index is 5.98. The number of rotatable bonds is 1. The van der Waals surface area contributed by atoms with Crippen molar-refractivity contribution in [2.24, 2.45) is 0 Å². The summed E-state index contributed by atoms with van der Waals surface area (Å²) in [5.41, 5.74) is 7.58. The van der Waals surface area contributed by atoms with E-state index in [1.807, 2.05) is 18.2 Å². The molecule has 2 rings (SSSR count). The van der Waals surface area contributed by atoms with Gasteiger partial charge in [0.1, 0.15) is 0 Å². The van der Waals surface area contributed by atoms with Gasteiger partial charge in [0.05, 0.1) is 0 Å². The van der Waals surface area contributed by atoms with Crippen LogP contribution >= 0.6 is 11.6 Å². The fourth-order valence-corrected chi connectivity index (χ4v) is 1.61. The van der Waals surface area contributed by atoms with Crippen LogP contribution in [0.15, 0.2) is 18.2 Å². The quantitative estimate of drug-likeness (QED) is 0.640. The van der Waals surface area contributed by atoms with Crippen LogP contribution in [-0.4, -0.2) is 0 Å². The summed E-state index contributed by atoms with van der Waals surface area (Å²) in [4.78, 5) is 0. The van der Waals surface area contributed by atoms with Gasteiger partial charge in [-0.1, -0.05) is 17.7 Å². The smallest absolute Gasteiger partial charge is 0.0461 e. The molecule has 2 heteroatoms. The lowest BCUT2D eigenvalue weighted by molar-refractivity contribution is 1.13. The van der Waals surface area contributed by atoms with Crippen molar-refractivity contribution in [3.05, 3.63) is 28.8 Å². The van der Waals surface area contributed by atoms with Crippen molar-refractivity contribution >= 4 is 17.3 Å². The van der Waals surface area contributed by atoms with E-state index in [1.165, 1.54) is 18.4 Å². The number of anilines is 1. The minimum atomic E-state index is 0.711. The van der Waals surface area contributed by atoms with Crippen molar-refractivity contribution in [3.63, 3.8) is 0 Å². The Morgan fingerprint density at radius 3 is 2.64 bits per heavy atom. The summed E-state index contributed by atoms with van der Waals surface area (Å²) >= 11 is 5.98. The Bertz CT molecular complexity index is 279. The Balaban J connectivity index is 2.39. The van der Waals surface area contributed by atoms with Gasteiger partial charge in [-0.25, -0.2) is 0 Å². The summed E-state index contributed by atoms with van der Waals surface area (Å²) in [5, 5.41) is 0.826. The Labute approximate surface area is 71.2 Å². The average molecular weight is 168 g/mol. The van der Waals surface area contributed by atoms with E-state index in [2.05, 4.69) is 0 Å². The number of nitrogen functional groups attached to an aromatic ring is 1. The van der Waals surface area contributed by atoms with Gasteiger partial charge in [-0.2, -0.15) is 0 Å². The Morgan fingerprint density at radius 1 is 1.36 bits per heavy atom. The molecule has 0 radical (unpaired) electrons. The lowest BCUT2D eigenvalue weighted by Gasteiger charge is -2.01. The zero-order valence-corrected chi connectivity index (χ0v) is 6.93. The molecule has 58 valence electrons. The standard InChI is InChI=1S/C9H10ClN/c10-9-5-7(11)3-4-8(9)6-1-2-6/h3-6H,1-2,11H2. The molecule has 1 nitrogen and oxygen atoms in total. The van der Waals surface area contributed by atoms with Gasteiger partial charge in [0.25, 0.3) is 0 Å². The van der Waals surface area contributed by atoms with E-state index < -0.39 is 0 Å². The van der Waals surface area contributed by atoms with Gasteiger partial charge < -0.3 is 5.73 Å². The first-order valence-electron chi connectivity index (χ1n) is 3.82. The normalized spacial score (nSPS) is 16.8. The van der Waals surface area contributed by atoms with Crippen LogP contribution in [0.1, 0.15) is 24.3 Å². The van der Waals surface area contributed by atoms with E-state index in [0.29, 0.717) is 5.92 Å². The van der Waals surface area contributed by atoms with Crippen molar-refractivity contribution in [1.82, 2.24) is 0 Å². The Morgan fingerprint density at radius 2 is 2.09 bits per heavy atom. The summed E-state index contributed by atoms with van der Waals surface area (Å²) in [6, 6.07) is 5.78. The molecule has 0 atom stereocenters. The topological polar surface area (TPSA) is 26.0 Å². The number of halogens is 1. The minimum Gasteiger partial charge on any atom is -0.399 e. The third-order valence-corrected chi connectivity index (χ3v) is 2.37. The largest absolute Gasteiger partial charge is 0.399 e. The molecule has 0 aromatic heterocycles. The Kier molecular flexibility index (Phi) is 1.53. The number of nitrogens with two attached hydrogens (primary N) is 1. The molecule has 1 saturated carbocycles. The lowest BCUT2D eigenvalue weighted by atomic mass is 10.1. The van der Waals surface area contributed by atoms with Gasteiger partial charge in [0, 0.05) is 10.7 Å². The summed E-state index contributed by atoms with van der Waals surface area (Å²) in [6.45, 7) is 0. The van der Waals surface area contributed by atoms with E-state index in [1.54, 1.807) is 0 Å². The second kappa shape index (κ2) is 2.42. The van der Waals surface area contributed by atoms with Gasteiger partial charge >= 0.3 is 0 Å². The molecule has 0 heterocycles. The summed E-state index contributed by atoms with van der Waals surface area (Å²) < 4.78 is 0. The first kappa shape index (κ1) is 6.99. The van der Waals surface area contributed by atoms with Crippen molar-refractivity contribution in [3.8, 4) is 0 Å². The highest BCUT2D eigenvalue weighted by Gasteiger charge is 2.25. The van der Waals surface area contributed by atoms with Crippen molar-refractivity contribution < 1.29 is 0 Å². The molecule has 0 amide bonds. The predicted molar refractivity (Wildman–Crippen MR) is 47.8 cm³/mol. The van der Waals surface area contributed by atoms with Gasteiger partial charge in [-0.15, -0.1) is 0 Å². The summed E-state index contributed by atoms with van der Waals surface area (Å²) in [7, 11) is 0. The minimum absolute atomic E-state index is 0.711. The van der Waals surface area contributed by atoms with Crippen LogP contribution in [0.5, 0.6) is 0 Å². The first-order valence-corrected chi connectivity index (χ1v) is 4.20. The zero-order chi connectivity index (χ0) is 7.84. The average Bonchev–Trinajstić information content (AvgIpc) is 2.70. The number of hydrogen-bond donors (Lipinski definition) is 1. The first-order chi connectivity index (χ1) is 5.27. The molecule has 1 aliphatic rings. The third kappa shape index (κ3) is 1.33. The second-order valence-electron chi connectivity index (χ2n) is 3.06. The predicted octanol–water partition coefficient (Wildman–Crippen LogP) is 2.80. The van der Waals surface area contributed by atoms with Crippen molar-refractivity contribution in [2.45, 2.75) is 18.8 Å². The van der Waals surface area contributed by atoms with Crippen LogP contribution < -0.4 is 5.73 Å². The molecule has 2 N–H and O–H groups in total. The van der Waals surface area contributed by atoms with Crippen LogP contribution in [-0.2, 0) is 0 Å². The lowest BCUT2D eigenvalue weighted by Crippen LogP contribution is -1.86. The molecule has 0 saturated heterocycles. The highest BCUT2D eigenvalue weighted by Crippen LogP contribution is 2.43. The van der Waals surface area contributed by atoms with E-state index >= 15 is 0 Å². The number of benzene rings is 1. The van der Waals surface area contributed by atoms with Crippen LogP contribution in [0.2, 0.25) is 5.02 Å². The highest BCUT2D eigenvalue weighted by molar-refractivity contribution is 6.31. The molecule has 1 aromatic rings. The monoisotopic (exact) mass is 167 g/mol. The molecule has 0 bridgehead atoms. The molecule has 0 spiro atoms. The fourth-order valence-electron chi connectivity index (χ4n) is 1.27. The zero-order valence-electron chi connectivity index (χ0n) is 6.18. The van der Waals surface area contributed by atoms with E-state index in [0.717, 1.165) is 10.7 Å². The molecule has 11 heavy (non-hydrogen) atoms.